The summed E-state index contributed by atoms with van der Waals surface area (Å²) in [7, 11) is 0. The molecule has 0 radical (unpaired) electrons. The number of unbranched alkanes of at least 4 members (excludes halogenated alkanes) is 2. The Kier molecular flexibility index (Phi) is 4.66. The van der Waals surface area contributed by atoms with E-state index in [0.717, 1.165) is 19.3 Å². The van der Waals surface area contributed by atoms with Crippen molar-refractivity contribution in [3.63, 3.8) is 0 Å². The first-order chi connectivity index (χ1) is 7.22. The third-order valence-corrected chi connectivity index (χ3v) is 1.96. The third kappa shape index (κ3) is 4.49. The van der Waals surface area contributed by atoms with Crippen LogP contribution in [0.4, 0.5) is 5.69 Å². The van der Waals surface area contributed by atoms with Gasteiger partial charge in [-0.05, 0) is 6.42 Å². The van der Waals surface area contributed by atoms with Gasteiger partial charge >= 0.3 is 5.97 Å². The molecule has 0 unspecified atom stereocenters. The number of anilines is 1. The molecule has 5 nitrogen and oxygen atoms in total. The molecule has 0 aromatic carbocycles. The van der Waals surface area contributed by atoms with Gasteiger partial charge in [-0.25, -0.2) is 0 Å². The van der Waals surface area contributed by atoms with Crippen molar-refractivity contribution in [2.24, 2.45) is 0 Å². The standard InChI is InChI=1S/C10H17N3O2/c1-2-3-4-5-15-10(14)8-13-7-9(11)6-12-13/h6-7H,2-5,8,11H2,1H3. The number of hydrogen-bond donors (Lipinski definition) is 1. The van der Waals surface area contributed by atoms with E-state index in [-0.39, 0.29) is 12.5 Å². The van der Waals surface area contributed by atoms with Crippen molar-refractivity contribution >= 4 is 11.7 Å². The number of ether oxygens (including phenoxy) is 1. The van der Waals surface area contributed by atoms with Crippen LogP contribution in [0.2, 0.25) is 0 Å². The molecule has 0 aliphatic carbocycles. The Morgan fingerprint density at radius 1 is 1.60 bits per heavy atom. The fraction of sp³-hybridized carbons (Fsp3) is 0.600. The molecule has 0 atom stereocenters. The largest absolute Gasteiger partial charge is 0.464 e. The normalized spacial score (nSPS) is 10.2. The van der Waals surface area contributed by atoms with Crippen LogP contribution in [0.1, 0.15) is 26.2 Å². The van der Waals surface area contributed by atoms with Crippen molar-refractivity contribution in [2.75, 3.05) is 12.3 Å². The van der Waals surface area contributed by atoms with Crippen LogP contribution in [0.3, 0.4) is 0 Å². The van der Waals surface area contributed by atoms with Crippen LogP contribution in [0, 0.1) is 0 Å². The summed E-state index contributed by atoms with van der Waals surface area (Å²) < 4.78 is 6.49. The maximum Gasteiger partial charge on any atom is 0.327 e. The molecule has 1 heterocycles. The molecule has 0 spiro atoms. The van der Waals surface area contributed by atoms with Crippen LogP contribution < -0.4 is 5.73 Å². The first-order valence-corrected chi connectivity index (χ1v) is 5.16. The molecule has 0 aliphatic heterocycles. The van der Waals surface area contributed by atoms with E-state index in [0.29, 0.717) is 12.3 Å². The molecular formula is C10H17N3O2. The lowest BCUT2D eigenvalue weighted by Crippen LogP contribution is -2.14. The zero-order chi connectivity index (χ0) is 11.1. The van der Waals surface area contributed by atoms with Crippen molar-refractivity contribution in [2.45, 2.75) is 32.7 Å². The summed E-state index contributed by atoms with van der Waals surface area (Å²) in [4.78, 5) is 11.3. The van der Waals surface area contributed by atoms with Crippen LogP contribution in [-0.2, 0) is 16.1 Å². The zero-order valence-corrected chi connectivity index (χ0v) is 8.98. The quantitative estimate of drug-likeness (QED) is 0.567. The number of hydrogen-bond acceptors (Lipinski definition) is 4. The predicted octanol–water partition coefficient (Wildman–Crippen LogP) is 1.20. The third-order valence-electron chi connectivity index (χ3n) is 1.96. The van der Waals surface area contributed by atoms with Gasteiger partial charge < -0.3 is 10.5 Å². The van der Waals surface area contributed by atoms with Crippen LogP contribution in [0.15, 0.2) is 12.4 Å². The number of rotatable bonds is 6. The molecule has 1 rings (SSSR count). The van der Waals surface area contributed by atoms with Crippen LogP contribution in [0.25, 0.3) is 0 Å². The predicted molar refractivity (Wildman–Crippen MR) is 57.1 cm³/mol. The lowest BCUT2D eigenvalue weighted by molar-refractivity contribution is -0.144. The van der Waals surface area contributed by atoms with E-state index in [1.807, 2.05) is 0 Å². The molecule has 84 valence electrons. The maximum absolute atomic E-state index is 11.3. The molecular weight excluding hydrogens is 194 g/mol. The van der Waals surface area contributed by atoms with Gasteiger partial charge in [-0.1, -0.05) is 19.8 Å². The van der Waals surface area contributed by atoms with E-state index >= 15 is 0 Å². The van der Waals surface area contributed by atoms with Gasteiger partial charge in [0, 0.05) is 6.20 Å². The SMILES string of the molecule is CCCCCOC(=O)Cn1cc(N)cn1. The molecule has 0 bridgehead atoms. The summed E-state index contributed by atoms with van der Waals surface area (Å²) in [6.07, 6.45) is 6.23. The second-order valence-electron chi connectivity index (χ2n) is 3.40. The van der Waals surface area contributed by atoms with Crippen molar-refractivity contribution < 1.29 is 9.53 Å². The lowest BCUT2D eigenvalue weighted by atomic mass is 10.3. The second kappa shape index (κ2) is 6.06. The zero-order valence-electron chi connectivity index (χ0n) is 8.98. The van der Waals surface area contributed by atoms with E-state index in [2.05, 4.69) is 12.0 Å². The maximum atomic E-state index is 11.3. The Morgan fingerprint density at radius 3 is 3.00 bits per heavy atom. The van der Waals surface area contributed by atoms with Gasteiger partial charge in [0.25, 0.3) is 0 Å². The highest BCUT2D eigenvalue weighted by atomic mass is 16.5. The van der Waals surface area contributed by atoms with Gasteiger partial charge in [-0.15, -0.1) is 0 Å². The molecule has 0 saturated carbocycles. The Bertz CT molecular complexity index is 309. The van der Waals surface area contributed by atoms with E-state index in [1.54, 1.807) is 6.20 Å². The fourth-order valence-electron chi connectivity index (χ4n) is 1.18. The average Bonchev–Trinajstić information content (AvgIpc) is 2.59. The molecule has 1 aromatic heterocycles. The van der Waals surface area contributed by atoms with Gasteiger partial charge in [0.1, 0.15) is 6.54 Å². The summed E-state index contributed by atoms with van der Waals surface area (Å²) in [6, 6.07) is 0. The molecule has 15 heavy (non-hydrogen) atoms. The lowest BCUT2D eigenvalue weighted by Gasteiger charge is -2.03. The summed E-state index contributed by atoms with van der Waals surface area (Å²) in [5, 5.41) is 3.89. The highest BCUT2D eigenvalue weighted by molar-refractivity contribution is 5.69. The number of esters is 1. The van der Waals surface area contributed by atoms with Gasteiger partial charge in [-0.2, -0.15) is 5.10 Å². The number of carbonyl (C=O) groups excluding carboxylic acids is 1. The average molecular weight is 211 g/mol. The Balaban J connectivity index is 2.18. The summed E-state index contributed by atoms with van der Waals surface area (Å²) in [5.74, 6) is -0.269. The minimum atomic E-state index is -0.269. The summed E-state index contributed by atoms with van der Waals surface area (Å²) in [5.41, 5.74) is 6.01. The molecule has 1 aromatic rings. The summed E-state index contributed by atoms with van der Waals surface area (Å²) in [6.45, 7) is 2.72. The molecule has 0 saturated heterocycles. The number of carbonyl (C=O) groups is 1. The van der Waals surface area contributed by atoms with Gasteiger partial charge in [0.05, 0.1) is 18.5 Å². The van der Waals surface area contributed by atoms with Crippen molar-refractivity contribution in [3.05, 3.63) is 12.4 Å². The topological polar surface area (TPSA) is 70.1 Å². The molecule has 0 amide bonds. The Morgan fingerprint density at radius 2 is 2.40 bits per heavy atom. The van der Waals surface area contributed by atoms with E-state index < -0.39 is 0 Å². The van der Waals surface area contributed by atoms with Crippen molar-refractivity contribution in [3.8, 4) is 0 Å². The Labute approximate surface area is 89.2 Å². The highest BCUT2D eigenvalue weighted by Gasteiger charge is 2.04. The summed E-state index contributed by atoms with van der Waals surface area (Å²) >= 11 is 0. The molecule has 0 fully saturated rings. The second-order valence-corrected chi connectivity index (χ2v) is 3.40. The van der Waals surface area contributed by atoms with Crippen molar-refractivity contribution in [1.29, 1.82) is 0 Å². The number of nitrogens with zero attached hydrogens (tertiary/aromatic N) is 2. The monoisotopic (exact) mass is 211 g/mol. The highest BCUT2D eigenvalue weighted by Crippen LogP contribution is 1.99. The van der Waals surface area contributed by atoms with Gasteiger partial charge in [0.2, 0.25) is 0 Å². The number of aromatic nitrogens is 2. The first-order valence-electron chi connectivity index (χ1n) is 5.16. The minimum absolute atomic E-state index is 0.128. The number of nitrogens with two attached hydrogens (primary N) is 1. The fourth-order valence-corrected chi connectivity index (χ4v) is 1.18. The Hall–Kier alpha value is -1.52. The van der Waals surface area contributed by atoms with Crippen molar-refractivity contribution in [1.82, 2.24) is 9.78 Å². The van der Waals surface area contributed by atoms with Crippen LogP contribution in [-0.4, -0.2) is 22.4 Å². The smallest absolute Gasteiger partial charge is 0.327 e. The minimum Gasteiger partial charge on any atom is -0.464 e. The van der Waals surface area contributed by atoms with E-state index in [9.17, 15) is 4.79 Å². The van der Waals surface area contributed by atoms with Crippen LogP contribution >= 0.6 is 0 Å². The van der Waals surface area contributed by atoms with E-state index in [1.165, 1.54) is 10.9 Å². The van der Waals surface area contributed by atoms with E-state index in [4.69, 9.17) is 10.5 Å². The first kappa shape index (κ1) is 11.6. The molecule has 0 aliphatic rings. The van der Waals surface area contributed by atoms with Gasteiger partial charge in [0.15, 0.2) is 0 Å². The molecule has 2 N–H and O–H groups in total. The number of nitrogen functional groups attached to an aromatic ring is 1. The van der Waals surface area contributed by atoms with Crippen LogP contribution in [0.5, 0.6) is 0 Å². The van der Waals surface area contributed by atoms with Gasteiger partial charge in [-0.3, -0.25) is 9.48 Å². The molecule has 5 heteroatoms.